The molecule has 5 nitrogen and oxygen atoms in total. The number of rotatable bonds is 1. The fourth-order valence-corrected chi connectivity index (χ4v) is 1.10. The molecule has 1 aromatic heterocycles. The highest BCUT2D eigenvalue weighted by atomic mass is 79.9. The minimum atomic E-state index is -0.489. The van der Waals surface area contributed by atoms with Crippen molar-refractivity contribution in [2.45, 2.75) is 0 Å². The standard InChI is InChI=1S/C4H4BrN3O2/c1-7-4(8(9)10)3(5)2-6-7/h2H,1H3. The van der Waals surface area contributed by atoms with Gasteiger partial charge in [0.05, 0.1) is 6.20 Å². The first-order valence-electron chi connectivity index (χ1n) is 2.45. The van der Waals surface area contributed by atoms with E-state index in [-0.39, 0.29) is 5.82 Å². The second-order valence-electron chi connectivity index (χ2n) is 1.70. The van der Waals surface area contributed by atoms with Crippen LogP contribution in [0, 0.1) is 10.1 Å². The first-order chi connectivity index (χ1) is 4.63. The van der Waals surface area contributed by atoms with Gasteiger partial charge in [-0.1, -0.05) is 5.10 Å². The van der Waals surface area contributed by atoms with Crippen molar-refractivity contribution in [3.05, 3.63) is 20.8 Å². The molecule has 1 rings (SSSR count). The van der Waals surface area contributed by atoms with Crippen molar-refractivity contribution in [1.29, 1.82) is 0 Å². The van der Waals surface area contributed by atoms with E-state index < -0.39 is 4.92 Å². The molecule has 0 N–H and O–H groups in total. The number of aromatic nitrogens is 2. The summed E-state index contributed by atoms with van der Waals surface area (Å²) < 4.78 is 1.60. The number of hydrogen-bond acceptors (Lipinski definition) is 3. The fraction of sp³-hybridized carbons (Fsp3) is 0.250. The predicted octanol–water partition coefficient (Wildman–Crippen LogP) is 1.09. The first-order valence-corrected chi connectivity index (χ1v) is 3.24. The Hall–Kier alpha value is -0.910. The third-order valence-electron chi connectivity index (χ3n) is 1.04. The summed E-state index contributed by atoms with van der Waals surface area (Å²) in [6.07, 6.45) is 1.39. The maximum Gasteiger partial charge on any atom is 0.358 e. The quantitative estimate of drug-likeness (QED) is 0.510. The van der Waals surface area contributed by atoms with Crippen molar-refractivity contribution in [2.24, 2.45) is 7.05 Å². The van der Waals surface area contributed by atoms with Gasteiger partial charge in [-0.05, 0) is 20.9 Å². The summed E-state index contributed by atoms with van der Waals surface area (Å²) in [6, 6.07) is 0. The molecule has 0 fully saturated rings. The molecule has 0 saturated carbocycles. The molecule has 1 heterocycles. The molecule has 54 valence electrons. The average Bonchev–Trinajstić information content (AvgIpc) is 2.11. The van der Waals surface area contributed by atoms with Crippen LogP contribution in [0.2, 0.25) is 0 Å². The van der Waals surface area contributed by atoms with Gasteiger partial charge in [-0.25, -0.2) is 0 Å². The normalized spacial score (nSPS) is 9.80. The Morgan fingerprint density at radius 1 is 1.90 bits per heavy atom. The molecule has 0 unspecified atom stereocenters. The molecule has 0 bridgehead atoms. The second kappa shape index (κ2) is 2.37. The van der Waals surface area contributed by atoms with E-state index in [1.165, 1.54) is 17.9 Å². The van der Waals surface area contributed by atoms with Crippen molar-refractivity contribution >= 4 is 21.7 Å². The predicted molar refractivity (Wildman–Crippen MR) is 37.6 cm³/mol. The van der Waals surface area contributed by atoms with Crippen molar-refractivity contribution in [2.75, 3.05) is 0 Å². The second-order valence-corrected chi connectivity index (χ2v) is 2.55. The van der Waals surface area contributed by atoms with E-state index in [1.54, 1.807) is 0 Å². The van der Waals surface area contributed by atoms with Gasteiger partial charge < -0.3 is 10.1 Å². The van der Waals surface area contributed by atoms with E-state index in [9.17, 15) is 10.1 Å². The topological polar surface area (TPSA) is 61.0 Å². The van der Waals surface area contributed by atoms with Gasteiger partial charge >= 0.3 is 5.82 Å². The van der Waals surface area contributed by atoms with Crippen LogP contribution in [0.3, 0.4) is 0 Å². The van der Waals surface area contributed by atoms with E-state index in [2.05, 4.69) is 21.0 Å². The van der Waals surface area contributed by atoms with E-state index in [1.807, 2.05) is 0 Å². The third kappa shape index (κ3) is 1.02. The van der Waals surface area contributed by atoms with Gasteiger partial charge in [0.25, 0.3) is 0 Å². The van der Waals surface area contributed by atoms with Crippen molar-refractivity contribution in [1.82, 2.24) is 9.78 Å². The van der Waals surface area contributed by atoms with Crippen LogP contribution in [0.5, 0.6) is 0 Å². The zero-order valence-corrected chi connectivity index (χ0v) is 6.70. The van der Waals surface area contributed by atoms with Gasteiger partial charge in [0.1, 0.15) is 11.5 Å². The summed E-state index contributed by atoms with van der Waals surface area (Å²) in [6.45, 7) is 0. The highest BCUT2D eigenvalue weighted by molar-refractivity contribution is 9.10. The Morgan fingerprint density at radius 3 is 2.70 bits per heavy atom. The van der Waals surface area contributed by atoms with Gasteiger partial charge in [0, 0.05) is 0 Å². The molecule has 0 saturated heterocycles. The van der Waals surface area contributed by atoms with E-state index >= 15 is 0 Å². The summed E-state index contributed by atoms with van der Waals surface area (Å²) >= 11 is 2.99. The lowest BCUT2D eigenvalue weighted by Gasteiger charge is -1.91. The van der Waals surface area contributed by atoms with Gasteiger partial charge in [-0.2, -0.15) is 0 Å². The number of aryl methyl sites for hydroxylation is 1. The lowest BCUT2D eigenvalue weighted by Crippen LogP contribution is -1.98. The molecule has 10 heavy (non-hydrogen) atoms. The molecule has 0 aliphatic carbocycles. The molecular weight excluding hydrogens is 202 g/mol. The molecule has 6 heteroatoms. The van der Waals surface area contributed by atoms with Gasteiger partial charge in [-0.3, -0.25) is 0 Å². The first kappa shape index (κ1) is 7.20. The highest BCUT2D eigenvalue weighted by Gasteiger charge is 2.15. The minimum absolute atomic E-state index is 0.0278. The van der Waals surface area contributed by atoms with Crippen LogP contribution in [0.1, 0.15) is 0 Å². The van der Waals surface area contributed by atoms with E-state index in [0.717, 1.165) is 0 Å². The summed E-state index contributed by atoms with van der Waals surface area (Å²) in [4.78, 5) is 9.73. The Kier molecular flexibility index (Phi) is 1.71. The molecule has 0 spiro atoms. The molecular formula is C4H4BrN3O2. The Balaban J connectivity index is 3.23. The van der Waals surface area contributed by atoms with Crippen LogP contribution in [-0.4, -0.2) is 14.7 Å². The Bertz CT molecular complexity index is 250. The lowest BCUT2D eigenvalue weighted by atomic mass is 10.6. The van der Waals surface area contributed by atoms with E-state index in [4.69, 9.17) is 0 Å². The molecule has 0 aliphatic heterocycles. The number of nitro groups is 1. The third-order valence-corrected chi connectivity index (χ3v) is 1.60. The SMILES string of the molecule is Cn1ncc(Br)c1[N+](=O)[O-]. The largest absolute Gasteiger partial charge is 0.358 e. The Labute approximate surface area is 64.9 Å². The molecule has 0 amide bonds. The summed E-state index contributed by atoms with van der Waals surface area (Å²) in [5, 5.41) is 13.9. The molecule has 0 aromatic carbocycles. The highest BCUT2D eigenvalue weighted by Crippen LogP contribution is 2.22. The monoisotopic (exact) mass is 205 g/mol. The summed E-state index contributed by atoms with van der Waals surface area (Å²) in [5.74, 6) is -0.0278. The minimum Gasteiger partial charge on any atom is -0.358 e. The van der Waals surface area contributed by atoms with Gasteiger partial charge in [0.15, 0.2) is 0 Å². The lowest BCUT2D eigenvalue weighted by molar-refractivity contribution is -0.393. The van der Waals surface area contributed by atoms with Gasteiger partial charge in [-0.15, -0.1) is 4.68 Å². The van der Waals surface area contributed by atoms with E-state index in [0.29, 0.717) is 4.47 Å². The van der Waals surface area contributed by atoms with Crippen LogP contribution in [-0.2, 0) is 7.05 Å². The molecule has 0 radical (unpaired) electrons. The fourth-order valence-electron chi connectivity index (χ4n) is 0.610. The maximum absolute atomic E-state index is 10.2. The number of halogens is 1. The summed E-state index contributed by atoms with van der Waals surface area (Å²) in [5.41, 5.74) is 0. The van der Waals surface area contributed by atoms with Gasteiger partial charge in [0.2, 0.25) is 0 Å². The van der Waals surface area contributed by atoms with Crippen molar-refractivity contribution < 1.29 is 4.92 Å². The van der Waals surface area contributed by atoms with Crippen LogP contribution < -0.4 is 0 Å². The maximum atomic E-state index is 10.2. The molecule has 0 aliphatic rings. The van der Waals surface area contributed by atoms with Crippen LogP contribution in [0.25, 0.3) is 0 Å². The van der Waals surface area contributed by atoms with Crippen molar-refractivity contribution in [3.63, 3.8) is 0 Å². The molecule has 1 aromatic rings. The van der Waals surface area contributed by atoms with Crippen molar-refractivity contribution in [3.8, 4) is 0 Å². The average molecular weight is 206 g/mol. The zero-order valence-electron chi connectivity index (χ0n) is 5.11. The number of hydrogen-bond donors (Lipinski definition) is 0. The number of nitrogens with zero attached hydrogens (tertiary/aromatic N) is 3. The smallest absolute Gasteiger partial charge is 0.358 e. The summed E-state index contributed by atoms with van der Waals surface area (Å²) in [7, 11) is 1.52. The van der Waals surface area contributed by atoms with Crippen LogP contribution in [0.15, 0.2) is 10.7 Å². The zero-order chi connectivity index (χ0) is 7.72. The Morgan fingerprint density at radius 2 is 2.50 bits per heavy atom. The van der Waals surface area contributed by atoms with Crippen LogP contribution >= 0.6 is 15.9 Å². The van der Waals surface area contributed by atoms with Crippen LogP contribution in [0.4, 0.5) is 5.82 Å². The molecule has 0 atom stereocenters.